The van der Waals surface area contributed by atoms with Gasteiger partial charge in [-0.2, -0.15) is 5.10 Å². The van der Waals surface area contributed by atoms with Gasteiger partial charge in [-0.3, -0.25) is 4.79 Å². The Morgan fingerprint density at radius 1 is 1.28 bits per heavy atom. The normalized spacial score (nSPS) is 11.5. The number of benzene rings is 1. The van der Waals surface area contributed by atoms with Gasteiger partial charge in [0.1, 0.15) is 5.82 Å². The Balaban J connectivity index is 1.83. The van der Waals surface area contributed by atoms with Crippen LogP contribution in [0, 0.1) is 19.7 Å². The molecule has 32 heavy (non-hydrogen) atoms. The van der Waals surface area contributed by atoms with Crippen molar-refractivity contribution in [2.45, 2.75) is 40.3 Å². The van der Waals surface area contributed by atoms with Crippen LogP contribution in [0.25, 0.3) is 22.3 Å². The summed E-state index contributed by atoms with van der Waals surface area (Å²) in [7, 11) is 1.64. The number of aryl methyl sites for hydroxylation is 2. The monoisotopic (exact) mass is 470 g/mol. The molecule has 1 amide bonds. The van der Waals surface area contributed by atoms with E-state index in [1.807, 2.05) is 31.5 Å². The molecule has 0 N–H and O–H groups in total. The number of hydrogen-bond donors (Lipinski definition) is 0. The van der Waals surface area contributed by atoms with Crippen LogP contribution < -0.4 is 0 Å². The first kappa shape index (κ1) is 22.4. The van der Waals surface area contributed by atoms with E-state index in [4.69, 9.17) is 16.6 Å². The Morgan fingerprint density at radius 2 is 2.03 bits per heavy atom. The molecule has 0 aliphatic rings. The van der Waals surface area contributed by atoms with Gasteiger partial charge in [0.05, 0.1) is 22.8 Å². The van der Waals surface area contributed by atoms with Crippen molar-refractivity contribution in [2.24, 2.45) is 0 Å². The lowest BCUT2D eigenvalue weighted by atomic mass is 10.1. The molecule has 3 heterocycles. The maximum Gasteiger partial charge on any atom is 0.254 e. The number of thiophene rings is 1. The van der Waals surface area contributed by atoms with Crippen molar-refractivity contribution in [1.29, 1.82) is 0 Å². The Hall–Kier alpha value is -2.77. The van der Waals surface area contributed by atoms with Gasteiger partial charge in [-0.15, -0.1) is 11.3 Å². The topological polar surface area (TPSA) is 51.0 Å². The second-order valence-corrected chi connectivity index (χ2v) is 10.0. The quantitative estimate of drug-likeness (QED) is 0.338. The summed E-state index contributed by atoms with van der Waals surface area (Å²) in [5, 5.41) is 5.44. The van der Waals surface area contributed by atoms with Gasteiger partial charge >= 0.3 is 0 Å². The number of halogens is 2. The minimum atomic E-state index is -0.435. The Bertz CT molecular complexity index is 1310. The molecule has 0 radical (unpaired) electrons. The van der Waals surface area contributed by atoms with Crippen molar-refractivity contribution in [1.82, 2.24) is 19.7 Å². The maximum absolute atomic E-state index is 14.3. The maximum atomic E-state index is 14.3. The first-order chi connectivity index (χ1) is 15.2. The zero-order valence-corrected chi connectivity index (χ0v) is 20.2. The summed E-state index contributed by atoms with van der Waals surface area (Å²) in [4.78, 5) is 22.2. The SMILES string of the molecule is Cc1cc(-c2cc(C(=O)N(C)Cc3c(F)cccc3Cl)c3cnn(C(C)C)c3n2)c(C)s1. The number of hydrogen-bond acceptors (Lipinski definition) is 4. The van der Waals surface area contributed by atoms with Gasteiger partial charge < -0.3 is 4.90 Å². The first-order valence-electron chi connectivity index (χ1n) is 10.3. The van der Waals surface area contributed by atoms with Crippen molar-refractivity contribution < 1.29 is 9.18 Å². The Kier molecular flexibility index (Phi) is 6.05. The molecule has 0 saturated heterocycles. The fourth-order valence-electron chi connectivity index (χ4n) is 3.79. The van der Waals surface area contributed by atoms with Crippen LogP contribution in [0.3, 0.4) is 0 Å². The predicted octanol–water partition coefficient (Wildman–Crippen LogP) is 6.42. The fraction of sp³-hybridized carbons (Fsp3) is 0.292. The molecule has 0 fully saturated rings. The highest BCUT2D eigenvalue weighted by molar-refractivity contribution is 7.12. The molecule has 4 aromatic rings. The van der Waals surface area contributed by atoms with E-state index in [-0.39, 0.29) is 24.1 Å². The minimum absolute atomic E-state index is 0.0540. The molecule has 0 aliphatic carbocycles. The van der Waals surface area contributed by atoms with E-state index in [0.29, 0.717) is 21.6 Å². The molecule has 0 spiro atoms. The van der Waals surface area contributed by atoms with Crippen molar-refractivity contribution in [3.8, 4) is 11.3 Å². The molecule has 3 aromatic heterocycles. The van der Waals surface area contributed by atoms with Crippen LogP contribution in [-0.2, 0) is 6.54 Å². The second kappa shape index (κ2) is 8.64. The third-order valence-corrected chi connectivity index (χ3v) is 6.73. The van der Waals surface area contributed by atoms with Crippen LogP contribution in [-0.4, -0.2) is 32.6 Å². The highest BCUT2D eigenvalue weighted by Gasteiger charge is 2.23. The van der Waals surface area contributed by atoms with E-state index in [1.165, 1.54) is 15.8 Å². The highest BCUT2D eigenvalue weighted by Crippen LogP contribution is 2.33. The van der Waals surface area contributed by atoms with Crippen LogP contribution in [0.2, 0.25) is 5.02 Å². The molecule has 166 valence electrons. The number of carbonyl (C=O) groups is 1. The van der Waals surface area contributed by atoms with Crippen LogP contribution >= 0.6 is 22.9 Å². The van der Waals surface area contributed by atoms with E-state index >= 15 is 0 Å². The lowest BCUT2D eigenvalue weighted by molar-refractivity contribution is 0.0786. The summed E-state index contributed by atoms with van der Waals surface area (Å²) in [6.45, 7) is 8.20. The number of carbonyl (C=O) groups excluding carboxylic acids is 1. The third kappa shape index (κ3) is 4.02. The Labute approximate surface area is 195 Å². The summed E-state index contributed by atoms with van der Waals surface area (Å²) >= 11 is 7.88. The van der Waals surface area contributed by atoms with Crippen LogP contribution in [0.15, 0.2) is 36.5 Å². The first-order valence-corrected chi connectivity index (χ1v) is 11.5. The summed E-state index contributed by atoms with van der Waals surface area (Å²) < 4.78 is 16.1. The van der Waals surface area contributed by atoms with Gasteiger partial charge in [0.25, 0.3) is 5.91 Å². The summed E-state index contributed by atoms with van der Waals surface area (Å²) in [5.74, 6) is -0.680. The second-order valence-electron chi connectivity index (χ2n) is 8.16. The number of pyridine rings is 1. The average molecular weight is 471 g/mol. The molecule has 0 saturated carbocycles. The van der Waals surface area contributed by atoms with E-state index in [2.05, 4.69) is 18.1 Å². The largest absolute Gasteiger partial charge is 0.337 e. The molecule has 8 heteroatoms. The number of aromatic nitrogens is 3. The van der Waals surface area contributed by atoms with Crippen LogP contribution in [0.5, 0.6) is 0 Å². The minimum Gasteiger partial charge on any atom is -0.337 e. The summed E-state index contributed by atoms with van der Waals surface area (Å²) in [6.07, 6.45) is 1.68. The molecular formula is C24H24ClFN4OS. The van der Waals surface area contributed by atoms with Gasteiger partial charge in [-0.1, -0.05) is 17.7 Å². The summed E-state index contributed by atoms with van der Waals surface area (Å²) in [5.41, 5.74) is 3.15. The average Bonchev–Trinajstić information content (AvgIpc) is 3.31. The number of fused-ring (bicyclic) bond motifs is 1. The zero-order valence-electron chi connectivity index (χ0n) is 18.6. The van der Waals surface area contributed by atoms with E-state index in [0.717, 1.165) is 16.1 Å². The van der Waals surface area contributed by atoms with E-state index in [9.17, 15) is 9.18 Å². The highest BCUT2D eigenvalue weighted by atomic mass is 35.5. The lowest BCUT2D eigenvalue weighted by Crippen LogP contribution is -2.27. The van der Waals surface area contributed by atoms with Gasteiger partial charge in [-0.05, 0) is 52.0 Å². The van der Waals surface area contributed by atoms with Gasteiger partial charge in [-0.25, -0.2) is 14.1 Å². The lowest BCUT2D eigenvalue weighted by Gasteiger charge is -2.19. The van der Waals surface area contributed by atoms with Gasteiger partial charge in [0.2, 0.25) is 0 Å². The van der Waals surface area contributed by atoms with E-state index < -0.39 is 5.82 Å². The summed E-state index contributed by atoms with van der Waals surface area (Å²) in [6, 6.07) is 8.49. The Morgan fingerprint density at radius 3 is 2.66 bits per heavy atom. The fourth-order valence-corrected chi connectivity index (χ4v) is 4.95. The van der Waals surface area contributed by atoms with Crippen molar-refractivity contribution >= 4 is 39.9 Å². The number of amides is 1. The van der Waals surface area contributed by atoms with Crippen molar-refractivity contribution in [3.05, 3.63) is 68.2 Å². The van der Waals surface area contributed by atoms with Crippen molar-refractivity contribution in [3.63, 3.8) is 0 Å². The number of nitrogens with zero attached hydrogens (tertiary/aromatic N) is 4. The molecule has 1 aromatic carbocycles. The molecule has 0 atom stereocenters. The molecule has 5 nitrogen and oxygen atoms in total. The zero-order chi connectivity index (χ0) is 23.2. The standard InChI is InChI=1S/C24H24ClFN4OS/c1-13(2)30-23-18(11-27-30)17(10-22(28-23)16-9-14(3)32-15(16)4)24(31)29(5)12-19-20(25)7-6-8-21(19)26/h6-11,13H,12H2,1-5H3. The van der Waals surface area contributed by atoms with Crippen molar-refractivity contribution in [2.75, 3.05) is 7.05 Å². The molecule has 0 unspecified atom stereocenters. The predicted molar refractivity (Wildman–Crippen MR) is 128 cm³/mol. The van der Waals surface area contributed by atoms with Gasteiger partial charge in [0, 0.05) is 45.5 Å². The number of rotatable bonds is 5. The molecule has 0 aliphatic heterocycles. The smallest absolute Gasteiger partial charge is 0.254 e. The third-order valence-electron chi connectivity index (χ3n) is 5.41. The molecule has 4 rings (SSSR count). The molecule has 0 bridgehead atoms. The molecular weight excluding hydrogens is 447 g/mol. The van der Waals surface area contributed by atoms with Crippen LogP contribution in [0.4, 0.5) is 4.39 Å². The van der Waals surface area contributed by atoms with Crippen LogP contribution in [0.1, 0.15) is 45.6 Å². The van der Waals surface area contributed by atoms with E-state index in [1.54, 1.807) is 36.7 Å². The van der Waals surface area contributed by atoms with Gasteiger partial charge in [0.15, 0.2) is 5.65 Å².